The number of sulfonamides is 1. The highest BCUT2D eigenvalue weighted by molar-refractivity contribution is 7.89. The lowest BCUT2D eigenvalue weighted by Gasteiger charge is -2.34. The minimum absolute atomic E-state index is 0.156. The van der Waals surface area contributed by atoms with Gasteiger partial charge in [-0.2, -0.15) is 4.31 Å². The topological polar surface area (TPSA) is 59.7 Å². The Kier molecular flexibility index (Phi) is 6.49. The summed E-state index contributed by atoms with van der Waals surface area (Å²) >= 11 is 11.8. The molecule has 2 heterocycles. The van der Waals surface area contributed by atoms with Gasteiger partial charge in [-0.15, -0.1) is 0 Å². The van der Waals surface area contributed by atoms with Gasteiger partial charge in [-0.05, 0) is 48.6 Å². The number of rotatable bonds is 6. The van der Waals surface area contributed by atoms with E-state index < -0.39 is 10.0 Å². The van der Waals surface area contributed by atoms with Gasteiger partial charge in [0.25, 0.3) is 0 Å². The molecule has 1 saturated heterocycles. The van der Waals surface area contributed by atoms with Crippen molar-refractivity contribution in [1.82, 2.24) is 18.3 Å². The molecule has 0 atom stereocenters. The third-order valence-electron chi connectivity index (χ3n) is 5.34. The van der Waals surface area contributed by atoms with E-state index in [1.807, 2.05) is 45.8 Å². The number of methoxy groups -OCH3 is 1. The van der Waals surface area contributed by atoms with Gasteiger partial charge in [-0.3, -0.25) is 9.47 Å². The predicted molar refractivity (Wildman–Crippen MR) is 123 cm³/mol. The Bertz CT molecular complexity index is 1210. The molecule has 0 N–H and O–H groups in total. The molecule has 1 fully saturated rings. The fourth-order valence-corrected chi connectivity index (χ4v) is 5.78. The molecule has 0 bridgehead atoms. The molecule has 0 unspecified atom stereocenters. The molecule has 3 aromatic rings. The lowest BCUT2D eigenvalue weighted by molar-refractivity contribution is 0.151. The zero-order valence-electron chi connectivity index (χ0n) is 17.0. The van der Waals surface area contributed by atoms with E-state index in [4.69, 9.17) is 28.6 Å². The number of hydrogen-bond acceptors (Lipinski definition) is 5. The van der Waals surface area contributed by atoms with Crippen LogP contribution in [0.2, 0.25) is 5.02 Å². The SMILES string of the molecule is COc1ccc(-n2ccn(CN3CCN(S(=O)(=O)c4ccccc4Cl)CC3)c2=S)cc1. The van der Waals surface area contributed by atoms with Crippen molar-refractivity contribution in [2.75, 3.05) is 33.3 Å². The fourth-order valence-electron chi connectivity index (χ4n) is 3.58. The van der Waals surface area contributed by atoms with Crippen molar-refractivity contribution in [2.45, 2.75) is 11.6 Å². The van der Waals surface area contributed by atoms with Crippen LogP contribution in [0.3, 0.4) is 0 Å². The van der Waals surface area contributed by atoms with E-state index in [0.717, 1.165) is 11.4 Å². The zero-order valence-corrected chi connectivity index (χ0v) is 19.4. The lowest BCUT2D eigenvalue weighted by Crippen LogP contribution is -2.48. The van der Waals surface area contributed by atoms with Crippen LogP contribution < -0.4 is 4.74 Å². The van der Waals surface area contributed by atoms with E-state index >= 15 is 0 Å². The van der Waals surface area contributed by atoms with Crippen LogP contribution in [0, 0.1) is 4.77 Å². The molecular formula is C21H23ClN4O3S2. The minimum Gasteiger partial charge on any atom is -0.497 e. The monoisotopic (exact) mass is 478 g/mol. The fraction of sp³-hybridized carbons (Fsp3) is 0.286. The molecule has 2 aromatic carbocycles. The number of benzene rings is 2. The minimum atomic E-state index is -3.60. The summed E-state index contributed by atoms with van der Waals surface area (Å²) in [7, 11) is -1.97. The number of ether oxygens (including phenoxy) is 1. The van der Waals surface area contributed by atoms with Crippen LogP contribution in [0.15, 0.2) is 65.8 Å². The number of aromatic nitrogens is 2. The molecule has 31 heavy (non-hydrogen) atoms. The first kappa shape index (κ1) is 22.0. The van der Waals surface area contributed by atoms with Crippen molar-refractivity contribution in [1.29, 1.82) is 0 Å². The van der Waals surface area contributed by atoms with Gasteiger partial charge in [0.2, 0.25) is 10.0 Å². The van der Waals surface area contributed by atoms with Crippen LogP contribution in [-0.4, -0.2) is 60.0 Å². The molecule has 0 radical (unpaired) electrons. The van der Waals surface area contributed by atoms with Gasteiger partial charge in [-0.25, -0.2) is 8.42 Å². The van der Waals surface area contributed by atoms with E-state index in [1.165, 1.54) is 4.31 Å². The number of piperazine rings is 1. The summed E-state index contributed by atoms with van der Waals surface area (Å²) in [6.45, 7) is 2.63. The van der Waals surface area contributed by atoms with Gasteiger partial charge < -0.3 is 9.30 Å². The van der Waals surface area contributed by atoms with Crippen molar-refractivity contribution >= 4 is 33.8 Å². The average molecular weight is 479 g/mol. The number of hydrogen-bond donors (Lipinski definition) is 0. The maximum atomic E-state index is 12.9. The first-order valence-electron chi connectivity index (χ1n) is 9.79. The molecule has 10 heteroatoms. The first-order chi connectivity index (χ1) is 14.9. The Morgan fingerprint density at radius 3 is 2.32 bits per heavy atom. The van der Waals surface area contributed by atoms with E-state index in [1.54, 1.807) is 31.4 Å². The summed E-state index contributed by atoms with van der Waals surface area (Å²) < 4.78 is 37.1. The molecule has 164 valence electrons. The molecule has 4 rings (SSSR count). The predicted octanol–water partition coefficient (Wildman–Crippen LogP) is 3.63. The van der Waals surface area contributed by atoms with Crippen LogP contribution in [0.25, 0.3) is 5.69 Å². The zero-order chi connectivity index (χ0) is 22.0. The number of halogens is 1. The third-order valence-corrected chi connectivity index (χ3v) is 8.17. The molecule has 7 nitrogen and oxygen atoms in total. The van der Waals surface area contributed by atoms with Crippen molar-refractivity contribution in [3.8, 4) is 11.4 Å². The third kappa shape index (κ3) is 4.56. The summed E-state index contributed by atoms with van der Waals surface area (Å²) in [4.78, 5) is 2.34. The highest BCUT2D eigenvalue weighted by Crippen LogP contribution is 2.25. The lowest BCUT2D eigenvalue weighted by atomic mass is 10.3. The van der Waals surface area contributed by atoms with Crippen molar-refractivity contribution in [3.63, 3.8) is 0 Å². The molecule has 1 aliphatic heterocycles. The van der Waals surface area contributed by atoms with Crippen LogP contribution in [0.4, 0.5) is 0 Å². The quantitative estimate of drug-likeness (QED) is 0.506. The largest absolute Gasteiger partial charge is 0.497 e. The average Bonchev–Trinajstić information content (AvgIpc) is 3.14. The number of imidazole rings is 1. The Labute approximate surface area is 192 Å². The summed E-state index contributed by atoms with van der Waals surface area (Å²) in [5.74, 6) is 0.791. The van der Waals surface area contributed by atoms with Crippen LogP contribution in [0.5, 0.6) is 5.75 Å². The Balaban J connectivity index is 1.42. The standard InChI is InChI=1S/C21H23ClN4O3S2/c1-29-18-8-6-17(7-9-18)26-15-12-24(21(26)30)16-23-10-13-25(14-11-23)31(27,28)20-5-3-2-4-19(20)22/h2-9,12,15H,10-11,13-14,16H2,1H3. The summed E-state index contributed by atoms with van der Waals surface area (Å²) in [6.07, 6.45) is 3.88. The van der Waals surface area contributed by atoms with E-state index in [9.17, 15) is 8.42 Å². The van der Waals surface area contributed by atoms with Crippen molar-refractivity contribution < 1.29 is 13.2 Å². The Morgan fingerprint density at radius 1 is 1.00 bits per heavy atom. The molecule has 0 spiro atoms. The van der Waals surface area contributed by atoms with Gasteiger partial charge in [0.1, 0.15) is 10.6 Å². The molecule has 1 aromatic heterocycles. The Morgan fingerprint density at radius 2 is 1.68 bits per heavy atom. The van der Waals surface area contributed by atoms with E-state index in [0.29, 0.717) is 37.6 Å². The van der Waals surface area contributed by atoms with Crippen LogP contribution >= 0.6 is 23.8 Å². The van der Waals surface area contributed by atoms with Gasteiger partial charge in [0.05, 0.1) is 18.8 Å². The smallest absolute Gasteiger partial charge is 0.244 e. The summed E-state index contributed by atoms with van der Waals surface area (Å²) in [5, 5.41) is 0.246. The first-order valence-corrected chi connectivity index (χ1v) is 12.0. The molecule has 1 aliphatic rings. The van der Waals surface area contributed by atoms with E-state index in [2.05, 4.69) is 4.90 Å². The van der Waals surface area contributed by atoms with Gasteiger partial charge in [0.15, 0.2) is 4.77 Å². The van der Waals surface area contributed by atoms with Crippen molar-refractivity contribution in [2.24, 2.45) is 0 Å². The highest BCUT2D eigenvalue weighted by atomic mass is 35.5. The second-order valence-corrected chi connectivity index (χ2v) is 9.89. The summed E-state index contributed by atoms with van der Waals surface area (Å²) in [5.41, 5.74) is 0.959. The van der Waals surface area contributed by atoms with E-state index in [-0.39, 0.29) is 9.92 Å². The highest BCUT2D eigenvalue weighted by Gasteiger charge is 2.30. The second kappa shape index (κ2) is 9.13. The van der Waals surface area contributed by atoms with Gasteiger partial charge in [-0.1, -0.05) is 23.7 Å². The molecular weight excluding hydrogens is 456 g/mol. The normalized spacial score (nSPS) is 15.8. The molecule has 0 aliphatic carbocycles. The van der Waals surface area contributed by atoms with Gasteiger partial charge >= 0.3 is 0 Å². The number of nitrogens with zero attached hydrogens (tertiary/aromatic N) is 4. The van der Waals surface area contributed by atoms with Crippen molar-refractivity contribution in [3.05, 3.63) is 70.7 Å². The summed E-state index contributed by atoms with van der Waals surface area (Å²) in [6, 6.07) is 14.3. The van der Waals surface area contributed by atoms with Gasteiger partial charge in [0, 0.05) is 44.3 Å². The maximum absolute atomic E-state index is 12.9. The molecule has 0 amide bonds. The molecule has 0 saturated carbocycles. The second-order valence-electron chi connectivity index (χ2n) is 7.21. The van der Waals surface area contributed by atoms with Crippen LogP contribution in [0.1, 0.15) is 0 Å². The maximum Gasteiger partial charge on any atom is 0.244 e. The van der Waals surface area contributed by atoms with Crippen LogP contribution in [-0.2, 0) is 16.7 Å². The Hall–Kier alpha value is -2.17.